The van der Waals surface area contributed by atoms with Gasteiger partial charge in [0.1, 0.15) is 10.3 Å². The number of carbonyl (C=O) groups excluding carboxylic acids is 3. The van der Waals surface area contributed by atoms with Crippen LogP contribution < -0.4 is 10.6 Å². The predicted molar refractivity (Wildman–Crippen MR) is 186 cm³/mol. The number of nitrogens with one attached hydrogen (secondary N) is 2. The van der Waals surface area contributed by atoms with E-state index >= 15 is 0 Å². The van der Waals surface area contributed by atoms with E-state index in [1.54, 1.807) is 55.5 Å². The molecule has 238 valence electrons. The Hall–Kier alpha value is -4.93. The van der Waals surface area contributed by atoms with Crippen LogP contribution in [0, 0.1) is 0 Å². The number of carboxylic acids is 1. The van der Waals surface area contributed by atoms with Crippen molar-refractivity contribution in [2.75, 3.05) is 17.2 Å². The summed E-state index contributed by atoms with van der Waals surface area (Å²) in [6, 6.07) is 26.6. The lowest BCUT2D eigenvalue weighted by Crippen LogP contribution is -2.20. The minimum Gasteiger partial charge on any atom is -0.478 e. The normalized spacial score (nSPS) is 13.0. The number of thioether (sulfide) groups is 1. The quantitative estimate of drug-likeness (QED) is 0.101. The number of hydrogen-bond donors (Lipinski definition) is 3. The van der Waals surface area contributed by atoms with E-state index in [2.05, 4.69) is 10.6 Å². The topological polar surface area (TPSA) is 122 Å². The number of thiophene rings is 1. The number of aromatic carboxylic acids is 1. The van der Waals surface area contributed by atoms with Crippen molar-refractivity contribution in [3.8, 4) is 0 Å². The largest absolute Gasteiger partial charge is 0.478 e. The van der Waals surface area contributed by atoms with Crippen LogP contribution >= 0.6 is 23.1 Å². The number of anilines is 2. The van der Waals surface area contributed by atoms with Crippen molar-refractivity contribution in [1.29, 1.82) is 0 Å². The molecular weight excluding hydrogens is 633 g/mol. The van der Waals surface area contributed by atoms with Gasteiger partial charge in [-0.3, -0.25) is 9.59 Å². The molecule has 1 aliphatic rings. The number of amides is 2. The van der Waals surface area contributed by atoms with E-state index in [9.17, 15) is 24.3 Å². The molecule has 2 amide bonds. The molecule has 0 radical (unpaired) electrons. The average Bonchev–Trinajstić information content (AvgIpc) is 3.45. The lowest BCUT2D eigenvalue weighted by atomic mass is 9.95. The van der Waals surface area contributed by atoms with Crippen LogP contribution in [0.5, 0.6) is 0 Å². The van der Waals surface area contributed by atoms with E-state index in [0.717, 1.165) is 46.6 Å². The van der Waals surface area contributed by atoms with Crippen molar-refractivity contribution in [3.05, 3.63) is 124 Å². The standard InChI is InChI=1S/C37H32N2O6S2/c1-2-45-37(44)31-26-17-6-7-20-29(26)47-35(31)39-34(41)32(23-11-4-3-5-12-23)46-25-16-10-15-24(21-25)38-33(40)27-18-8-13-22-14-9-19-28(30(22)27)36(42)43/h3-5,8-16,18-19,21,32H,2,6-7,17,20H2,1H3,(H,38,40)(H,39,41)(H,42,43). The van der Waals surface area contributed by atoms with Crippen LogP contribution in [0.2, 0.25) is 0 Å². The van der Waals surface area contributed by atoms with Crippen LogP contribution in [0.1, 0.15) is 72.1 Å². The van der Waals surface area contributed by atoms with Gasteiger partial charge in [0.25, 0.3) is 5.91 Å². The maximum Gasteiger partial charge on any atom is 0.341 e. The van der Waals surface area contributed by atoms with Crippen LogP contribution in [0.4, 0.5) is 10.7 Å². The van der Waals surface area contributed by atoms with Gasteiger partial charge in [0.15, 0.2) is 0 Å². The summed E-state index contributed by atoms with van der Waals surface area (Å²) < 4.78 is 5.38. The molecule has 1 heterocycles. The van der Waals surface area contributed by atoms with Gasteiger partial charge in [-0.1, -0.05) is 60.7 Å². The number of ether oxygens (including phenoxy) is 1. The molecule has 0 aliphatic heterocycles. The SMILES string of the molecule is CCOC(=O)c1c(NC(=O)C(Sc2cccc(NC(=O)c3cccc4cccc(C(=O)O)c34)c2)c2ccccc2)sc2c1CCCC2. The van der Waals surface area contributed by atoms with Gasteiger partial charge >= 0.3 is 11.9 Å². The van der Waals surface area contributed by atoms with Gasteiger partial charge in [0.05, 0.1) is 17.7 Å². The second-order valence-electron chi connectivity index (χ2n) is 11.0. The summed E-state index contributed by atoms with van der Waals surface area (Å²) in [5, 5.41) is 16.6. The Morgan fingerprint density at radius 2 is 1.60 bits per heavy atom. The number of esters is 1. The van der Waals surface area contributed by atoms with Crippen molar-refractivity contribution < 1.29 is 29.0 Å². The Bertz CT molecular complexity index is 1980. The van der Waals surface area contributed by atoms with Gasteiger partial charge in [0, 0.05) is 26.4 Å². The third kappa shape index (κ3) is 6.94. The number of carbonyl (C=O) groups is 4. The summed E-state index contributed by atoms with van der Waals surface area (Å²) in [7, 11) is 0. The van der Waals surface area contributed by atoms with Gasteiger partial charge in [-0.05, 0) is 79.5 Å². The highest BCUT2D eigenvalue weighted by molar-refractivity contribution is 8.00. The number of benzene rings is 4. The minimum absolute atomic E-state index is 0.0481. The van der Waals surface area contributed by atoms with Gasteiger partial charge in [0.2, 0.25) is 5.91 Å². The fourth-order valence-electron chi connectivity index (χ4n) is 5.84. The van der Waals surface area contributed by atoms with Crippen LogP contribution in [0.15, 0.2) is 95.9 Å². The fourth-order valence-corrected chi connectivity index (χ4v) is 8.21. The molecule has 0 saturated heterocycles. The lowest BCUT2D eigenvalue weighted by molar-refractivity contribution is -0.115. The van der Waals surface area contributed by atoms with Crippen molar-refractivity contribution in [3.63, 3.8) is 0 Å². The van der Waals surface area contributed by atoms with Gasteiger partial charge < -0.3 is 20.5 Å². The third-order valence-electron chi connectivity index (χ3n) is 7.95. The molecule has 1 aromatic heterocycles. The molecule has 0 fully saturated rings. The van der Waals surface area contributed by atoms with E-state index in [1.807, 2.05) is 36.4 Å². The monoisotopic (exact) mass is 664 g/mol. The fraction of sp³-hybridized carbons (Fsp3) is 0.189. The molecule has 0 spiro atoms. The second kappa shape index (κ2) is 14.2. The Morgan fingerprint density at radius 1 is 0.872 bits per heavy atom. The molecule has 3 N–H and O–H groups in total. The Morgan fingerprint density at radius 3 is 2.34 bits per heavy atom. The Labute approximate surface area is 280 Å². The molecular formula is C37H32N2O6S2. The first-order chi connectivity index (χ1) is 22.8. The Balaban J connectivity index is 1.27. The first-order valence-corrected chi connectivity index (χ1v) is 17.0. The van der Waals surface area contributed by atoms with E-state index in [4.69, 9.17) is 4.74 Å². The number of fused-ring (bicyclic) bond motifs is 2. The number of aryl methyl sites for hydroxylation is 1. The molecule has 6 rings (SSSR count). The summed E-state index contributed by atoms with van der Waals surface area (Å²) in [6.45, 7) is 2.01. The lowest BCUT2D eigenvalue weighted by Gasteiger charge is -2.18. The van der Waals surface area contributed by atoms with E-state index < -0.39 is 23.1 Å². The van der Waals surface area contributed by atoms with Crippen LogP contribution in [0.3, 0.4) is 0 Å². The highest BCUT2D eigenvalue weighted by atomic mass is 32.2. The highest BCUT2D eigenvalue weighted by Crippen LogP contribution is 2.42. The highest BCUT2D eigenvalue weighted by Gasteiger charge is 2.30. The van der Waals surface area contributed by atoms with Crippen molar-refractivity contribution >= 4 is 68.3 Å². The van der Waals surface area contributed by atoms with E-state index in [-0.39, 0.29) is 23.6 Å². The van der Waals surface area contributed by atoms with Gasteiger partial charge in [-0.15, -0.1) is 23.1 Å². The van der Waals surface area contributed by atoms with E-state index in [0.29, 0.717) is 27.0 Å². The van der Waals surface area contributed by atoms with Crippen LogP contribution in [0.25, 0.3) is 10.8 Å². The molecule has 4 aromatic carbocycles. The first-order valence-electron chi connectivity index (χ1n) is 15.3. The summed E-state index contributed by atoms with van der Waals surface area (Å²) in [5.41, 5.74) is 3.00. The minimum atomic E-state index is -1.11. The summed E-state index contributed by atoms with van der Waals surface area (Å²) >= 11 is 2.77. The average molecular weight is 665 g/mol. The molecule has 8 nitrogen and oxygen atoms in total. The van der Waals surface area contributed by atoms with Crippen LogP contribution in [-0.4, -0.2) is 35.5 Å². The molecule has 1 aliphatic carbocycles. The number of rotatable bonds is 10. The molecule has 0 saturated carbocycles. The Kier molecular flexibility index (Phi) is 9.70. The molecule has 47 heavy (non-hydrogen) atoms. The van der Waals surface area contributed by atoms with Gasteiger partial charge in [-0.2, -0.15) is 0 Å². The maximum atomic E-state index is 14.0. The van der Waals surface area contributed by atoms with Crippen LogP contribution in [-0.2, 0) is 22.4 Å². The number of carboxylic acid groups (broad SMARTS) is 1. The summed E-state index contributed by atoms with van der Waals surface area (Å²) in [6.07, 6.45) is 3.68. The van der Waals surface area contributed by atoms with Crippen molar-refractivity contribution in [2.45, 2.75) is 42.8 Å². The zero-order valence-electron chi connectivity index (χ0n) is 25.6. The summed E-state index contributed by atoms with van der Waals surface area (Å²) in [5.74, 6) is -2.26. The van der Waals surface area contributed by atoms with Crippen molar-refractivity contribution in [2.24, 2.45) is 0 Å². The zero-order chi connectivity index (χ0) is 32.9. The van der Waals surface area contributed by atoms with E-state index in [1.165, 1.54) is 29.2 Å². The van der Waals surface area contributed by atoms with Gasteiger partial charge in [-0.25, -0.2) is 9.59 Å². The molecule has 1 unspecified atom stereocenters. The molecule has 0 bridgehead atoms. The number of hydrogen-bond acceptors (Lipinski definition) is 7. The first kappa shape index (κ1) is 32.0. The smallest absolute Gasteiger partial charge is 0.341 e. The second-order valence-corrected chi connectivity index (χ2v) is 13.3. The third-order valence-corrected chi connectivity index (χ3v) is 10.4. The predicted octanol–water partition coefficient (Wildman–Crippen LogP) is 8.38. The van der Waals surface area contributed by atoms with Crippen molar-refractivity contribution in [1.82, 2.24) is 0 Å². The summed E-state index contributed by atoms with van der Waals surface area (Å²) in [4.78, 5) is 54.3. The maximum absolute atomic E-state index is 14.0. The molecule has 10 heteroatoms. The molecule has 5 aromatic rings. The zero-order valence-corrected chi connectivity index (χ0v) is 27.2. The molecule has 1 atom stereocenters.